The van der Waals surface area contributed by atoms with E-state index in [9.17, 15) is 4.79 Å². The summed E-state index contributed by atoms with van der Waals surface area (Å²) in [6.45, 7) is 7.33. The first-order valence-corrected chi connectivity index (χ1v) is 9.20. The van der Waals surface area contributed by atoms with Gasteiger partial charge in [-0.05, 0) is 61.7 Å². The molecule has 0 heterocycles. The van der Waals surface area contributed by atoms with Gasteiger partial charge in [0.15, 0.2) is 0 Å². The molecule has 0 radical (unpaired) electrons. The van der Waals surface area contributed by atoms with Crippen molar-refractivity contribution in [2.24, 2.45) is 0 Å². The summed E-state index contributed by atoms with van der Waals surface area (Å²) in [5, 5.41) is 2.97. The number of amides is 1. The van der Waals surface area contributed by atoms with Crippen molar-refractivity contribution >= 4 is 5.91 Å². The lowest BCUT2D eigenvalue weighted by Gasteiger charge is -2.13. The smallest absolute Gasteiger partial charge is 0.251 e. The van der Waals surface area contributed by atoms with Gasteiger partial charge in [-0.3, -0.25) is 4.79 Å². The summed E-state index contributed by atoms with van der Waals surface area (Å²) in [5.41, 5.74) is 3.90. The first-order valence-electron chi connectivity index (χ1n) is 9.20. The Morgan fingerprint density at radius 1 is 1.04 bits per heavy atom. The summed E-state index contributed by atoms with van der Waals surface area (Å²) in [6, 6.07) is 11.5. The van der Waals surface area contributed by atoms with Gasteiger partial charge in [0.1, 0.15) is 18.1 Å². The zero-order valence-corrected chi connectivity index (χ0v) is 16.2. The molecule has 2 aromatic carbocycles. The fourth-order valence-corrected chi connectivity index (χ4v) is 2.68. The van der Waals surface area contributed by atoms with Crippen LogP contribution in [0.5, 0.6) is 11.5 Å². The second-order valence-electron chi connectivity index (χ2n) is 6.52. The van der Waals surface area contributed by atoms with Crippen LogP contribution < -0.4 is 14.8 Å². The molecule has 0 aliphatic rings. The number of aryl methyl sites for hydroxylation is 2. The highest BCUT2D eigenvalue weighted by Gasteiger charge is 2.11. The molecule has 0 aromatic heterocycles. The molecule has 26 heavy (non-hydrogen) atoms. The van der Waals surface area contributed by atoms with E-state index in [4.69, 9.17) is 9.47 Å². The summed E-state index contributed by atoms with van der Waals surface area (Å²) in [7, 11) is 1.62. The van der Waals surface area contributed by atoms with Gasteiger partial charge >= 0.3 is 0 Å². The third kappa shape index (κ3) is 5.51. The molecule has 0 bridgehead atoms. The van der Waals surface area contributed by atoms with Gasteiger partial charge in [0.2, 0.25) is 0 Å². The number of benzene rings is 2. The molecule has 4 heteroatoms. The van der Waals surface area contributed by atoms with E-state index >= 15 is 0 Å². The maximum atomic E-state index is 12.3. The monoisotopic (exact) mass is 355 g/mol. The van der Waals surface area contributed by atoms with E-state index in [-0.39, 0.29) is 5.91 Å². The molecule has 2 aromatic rings. The molecule has 0 spiro atoms. The maximum absolute atomic E-state index is 12.3. The van der Waals surface area contributed by atoms with Gasteiger partial charge in [-0.2, -0.15) is 0 Å². The average molecular weight is 355 g/mol. The van der Waals surface area contributed by atoms with Crippen LogP contribution in [0.1, 0.15) is 53.2 Å². The van der Waals surface area contributed by atoms with Crippen molar-refractivity contribution in [1.29, 1.82) is 0 Å². The van der Waals surface area contributed by atoms with Crippen LogP contribution in [0.3, 0.4) is 0 Å². The Hall–Kier alpha value is -2.49. The molecule has 0 aliphatic heterocycles. The average Bonchev–Trinajstić information content (AvgIpc) is 2.65. The van der Waals surface area contributed by atoms with E-state index < -0.39 is 0 Å². The van der Waals surface area contributed by atoms with E-state index in [1.165, 1.54) is 11.1 Å². The number of nitrogens with one attached hydrogen (secondary N) is 1. The third-order valence-corrected chi connectivity index (χ3v) is 4.48. The highest BCUT2D eigenvalue weighted by molar-refractivity contribution is 5.94. The number of carbonyl (C=O) groups is 1. The summed E-state index contributed by atoms with van der Waals surface area (Å²) >= 11 is 0. The molecule has 0 atom stereocenters. The Balaban J connectivity index is 2.06. The number of ether oxygens (including phenoxy) is 2. The molecule has 4 nitrogen and oxygen atoms in total. The highest BCUT2D eigenvalue weighted by Crippen LogP contribution is 2.23. The molecule has 0 unspecified atom stereocenters. The van der Waals surface area contributed by atoms with Crippen molar-refractivity contribution in [3.8, 4) is 11.5 Å². The minimum Gasteiger partial charge on any atom is -0.496 e. The number of hydrogen-bond donors (Lipinski definition) is 1. The summed E-state index contributed by atoms with van der Waals surface area (Å²) in [4.78, 5) is 12.3. The molecule has 0 saturated carbocycles. The highest BCUT2D eigenvalue weighted by atomic mass is 16.5. The Labute approximate surface area is 156 Å². The first-order chi connectivity index (χ1) is 12.5. The van der Waals surface area contributed by atoms with Crippen molar-refractivity contribution in [3.05, 3.63) is 58.7 Å². The quantitative estimate of drug-likeness (QED) is 0.657. The van der Waals surface area contributed by atoms with Crippen LogP contribution in [-0.4, -0.2) is 19.6 Å². The maximum Gasteiger partial charge on any atom is 0.251 e. The van der Waals surface area contributed by atoms with Crippen LogP contribution in [0.25, 0.3) is 0 Å². The van der Waals surface area contributed by atoms with E-state index in [0.29, 0.717) is 18.7 Å². The second kappa shape index (κ2) is 9.85. The second-order valence-corrected chi connectivity index (χ2v) is 6.52. The molecule has 1 N–H and O–H groups in total. The fraction of sp³-hybridized carbons (Fsp3) is 0.409. The molecule has 0 fully saturated rings. The molecular formula is C22H29NO3. The van der Waals surface area contributed by atoms with Gasteiger partial charge in [0.25, 0.3) is 5.91 Å². The topological polar surface area (TPSA) is 47.6 Å². The van der Waals surface area contributed by atoms with Crippen LogP contribution in [-0.2, 0) is 6.61 Å². The van der Waals surface area contributed by atoms with E-state index in [1.807, 2.05) is 30.3 Å². The summed E-state index contributed by atoms with van der Waals surface area (Å²) in [5.74, 6) is 1.47. The van der Waals surface area contributed by atoms with Gasteiger partial charge < -0.3 is 14.8 Å². The van der Waals surface area contributed by atoms with Crippen LogP contribution in [0.15, 0.2) is 36.4 Å². The fourth-order valence-electron chi connectivity index (χ4n) is 2.68. The summed E-state index contributed by atoms with van der Waals surface area (Å²) < 4.78 is 11.3. The summed E-state index contributed by atoms with van der Waals surface area (Å²) in [6.07, 6.45) is 3.26. The van der Waals surface area contributed by atoms with E-state index in [0.717, 1.165) is 36.3 Å². The normalized spacial score (nSPS) is 10.5. The predicted molar refractivity (Wildman–Crippen MR) is 105 cm³/mol. The Morgan fingerprint density at radius 2 is 1.85 bits per heavy atom. The van der Waals surface area contributed by atoms with Gasteiger partial charge in [0, 0.05) is 17.7 Å². The van der Waals surface area contributed by atoms with Gasteiger partial charge in [0.05, 0.1) is 7.11 Å². The number of unbranched alkanes of at least 4 members (excludes halogenated alkanes) is 2. The number of carbonyl (C=O) groups excluding carboxylic acids is 1. The van der Waals surface area contributed by atoms with Crippen LogP contribution in [0, 0.1) is 13.8 Å². The standard InChI is InChI=1S/C22H29NO3/c1-5-6-7-12-23-22(24)18-9-11-21(25-4)19(14-18)15-26-20-10-8-16(2)17(3)13-20/h8-11,13-14H,5-7,12,15H2,1-4H3,(H,23,24). The lowest BCUT2D eigenvalue weighted by atomic mass is 10.1. The Bertz CT molecular complexity index is 740. The zero-order valence-electron chi connectivity index (χ0n) is 16.2. The third-order valence-electron chi connectivity index (χ3n) is 4.48. The zero-order chi connectivity index (χ0) is 18.9. The molecular weight excluding hydrogens is 326 g/mol. The van der Waals surface area contributed by atoms with Gasteiger partial charge in [-0.25, -0.2) is 0 Å². The van der Waals surface area contributed by atoms with E-state index in [2.05, 4.69) is 26.1 Å². The minimum absolute atomic E-state index is 0.0591. The first kappa shape index (κ1) is 19.8. The predicted octanol–water partition coefficient (Wildman–Crippen LogP) is 4.81. The Kier molecular flexibility index (Phi) is 7.52. The van der Waals surface area contributed by atoms with Gasteiger partial charge in [-0.15, -0.1) is 0 Å². The van der Waals surface area contributed by atoms with Crippen LogP contribution >= 0.6 is 0 Å². The molecule has 140 valence electrons. The lowest BCUT2D eigenvalue weighted by molar-refractivity contribution is 0.0952. The van der Waals surface area contributed by atoms with Crippen molar-refractivity contribution in [2.75, 3.05) is 13.7 Å². The minimum atomic E-state index is -0.0591. The number of hydrogen-bond acceptors (Lipinski definition) is 3. The SMILES string of the molecule is CCCCCNC(=O)c1ccc(OC)c(COc2ccc(C)c(C)c2)c1. The van der Waals surface area contributed by atoms with Crippen molar-refractivity contribution in [3.63, 3.8) is 0 Å². The molecule has 1 amide bonds. The van der Waals surface area contributed by atoms with Crippen molar-refractivity contribution in [1.82, 2.24) is 5.32 Å². The molecule has 2 rings (SSSR count). The Morgan fingerprint density at radius 3 is 2.54 bits per heavy atom. The largest absolute Gasteiger partial charge is 0.496 e. The van der Waals surface area contributed by atoms with Crippen LogP contribution in [0.2, 0.25) is 0 Å². The number of rotatable bonds is 9. The molecule has 0 saturated heterocycles. The van der Waals surface area contributed by atoms with Crippen molar-refractivity contribution < 1.29 is 14.3 Å². The van der Waals surface area contributed by atoms with Crippen LogP contribution in [0.4, 0.5) is 0 Å². The van der Waals surface area contributed by atoms with Gasteiger partial charge in [-0.1, -0.05) is 25.8 Å². The molecule has 0 aliphatic carbocycles. The van der Waals surface area contributed by atoms with E-state index in [1.54, 1.807) is 13.2 Å². The lowest BCUT2D eigenvalue weighted by Crippen LogP contribution is -2.24. The van der Waals surface area contributed by atoms with Crippen molar-refractivity contribution in [2.45, 2.75) is 46.6 Å². The number of methoxy groups -OCH3 is 1.